The van der Waals surface area contributed by atoms with Crippen molar-refractivity contribution in [2.24, 2.45) is 0 Å². The summed E-state index contributed by atoms with van der Waals surface area (Å²) in [5, 5.41) is 2.81. The Balaban J connectivity index is 1.70. The van der Waals surface area contributed by atoms with Gasteiger partial charge in [-0.1, -0.05) is 0 Å². The van der Waals surface area contributed by atoms with Crippen LogP contribution in [0.4, 0.5) is 14.9 Å². The lowest BCUT2D eigenvalue weighted by molar-refractivity contribution is 0.199. The van der Waals surface area contributed by atoms with Gasteiger partial charge in [0.25, 0.3) is 0 Å². The number of hydrogen-bond acceptors (Lipinski definition) is 2. The molecular formula is C17H20FN3O2S. The summed E-state index contributed by atoms with van der Waals surface area (Å²) in [6, 6.07) is 7.97. The van der Waals surface area contributed by atoms with Crippen LogP contribution in [0.15, 0.2) is 42.7 Å². The summed E-state index contributed by atoms with van der Waals surface area (Å²) in [4.78, 5) is 14.1. The second kappa shape index (κ2) is 7.17. The van der Waals surface area contributed by atoms with Gasteiger partial charge in [-0.15, -0.1) is 0 Å². The van der Waals surface area contributed by atoms with Crippen molar-refractivity contribution in [3.8, 4) is 5.69 Å². The Morgan fingerprint density at radius 2 is 1.96 bits per heavy atom. The zero-order valence-electron chi connectivity index (χ0n) is 13.4. The molecule has 7 heteroatoms. The summed E-state index contributed by atoms with van der Waals surface area (Å²) in [5.74, 6) is 0.917. The third-order valence-electron chi connectivity index (χ3n) is 4.31. The van der Waals surface area contributed by atoms with E-state index >= 15 is 0 Å². The topological polar surface area (TPSA) is 54.3 Å². The van der Waals surface area contributed by atoms with E-state index in [9.17, 15) is 13.4 Å². The van der Waals surface area contributed by atoms with E-state index in [1.165, 1.54) is 6.07 Å². The SMILES string of the molecule is CN(C(=O)Nc1ccc(F)c(-n2cccc2)c1)C1CCS(=O)CC1. The summed E-state index contributed by atoms with van der Waals surface area (Å²) in [6.45, 7) is 0. The number of urea groups is 1. The van der Waals surface area contributed by atoms with Crippen LogP contribution in [0.5, 0.6) is 0 Å². The fraction of sp³-hybridized carbons (Fsp3) is 0.353. The summed E-state index contributed by atoms with van der Waals surface area (Å²) in [6.07, 6.45) is 4.99. The van der Waals surface area contributed by atoms with Crippen molar-refractivity contribution in [3.05, 3.63) is 48.5 Å². The van der Waals surface area contributed by atoms with Crippen molar-refractivity contribution in [1.29, 1.82) is 0 Å². The molecule has 0 saturated carbocycles. The third kappa shape index (κ3) is 3.67. The van der Waals surface area contributed by atoms with Crippen LogP contribution >= 0.6 is 0 Å². The molecule has 0 spiro atoms. The maximum atomic E-state index is 14.0. The summed E-state index contributed by atoms with van der Waals surface area (Å²) in [5.41, 5.74) is 0.921. The van der Waals surface area contributed by atoms with Crippen molar-refractivity contribution >= 4 is 22.5 Å². The van der Waals surface area contributed by atoms with Crippen LogP contribution in [0.1, 0.15) is 12.8 Å². The Morgan fingerprint density at radius 1 is 1.29 bits per heavy atom. The van der Waals surface area contributed by atoms with Gasteiger partial charge in [0.05, 0.1) is 5.69 Å². The number of rotatable bonds is 3. The Morgan fingerprint density at radius 3 is 2.62 bits per heavy atom. The quantitative estimate of drug-likeness (QED) is 0.926. The van der Waals surface area contributed by atoms with E-state index in [0.29, 0.717) is 22.9 Å². The largest absolute Gasteiger partial charge is 0.325 e. The molecule has 1 fully saturated rings. The molecule has 0 radical (unpaired) electrons. The molecule has 128 valence electrons. The van der Waals surface area contributed by atoms with Crippen molar-refractivity contribution in [3.63, 3.8) is 0 Å². The zero-order valence-corrected chi connectivity index (χ0v) is 14.3. The molecule has 1 saturated heterocycles. The van der Waals surface area contributed by atoms with E-state index in [4.69, 9.17) is 0 Å². The number of nitrogens with zero attached hydrogens (tertiary/aromatic N) is 2. The molecule has 24 heavy (non-hydrogen) atoms. The monoisotopic (exact) mass is 349 g/mol. The van der Waals surface area contributed by atoms with E-state index in [2.05, 4.69) is 5.32 Å². The van der Waals surface area contributed by atoms with Gasteiger partial charge < -0.3 is 14.8 Å². The van der Waals surface area contributed by atoms with E-state index in [1.807, 2.05) is 12.1 Å². The summed E-state index contributed by atoms with van der Waals surface area (Å²) < 4.78 is 27.1. The number of amides is 2. The number of halogens is 1. The highest BCUT2D eigenvalue weighted by atomic mass is 32.2. The fourth-order valence-corrected chi connectivity index (χ4v) is 4.10. The molecule has 1 aliphatic heterocycles. The molecule has 2 amide bonds. The number of hydrogen-bond donors (Lipinski definition) is 1. The van der Waals surface area contributed by atoms with E-state index in [0.717, 1.165) is 12.8 Å². The predicted octanol–water partition coefficient (Wildman–Crippen LogP) is 2.99. The van der Waals surface area contributed by atoms with E-state index in [1.54, 1.807) is 41.0 Å². The first-order valence-electron chi connectivity index (χ1n) is 7.86. The Bertz CT molecular complexity index is 738. The average Bonchev–Trinajstić information content (AvgIpc) is 3.11. The van der Waals surface area contributed by atoms with Gasteiger partial charge in [0.1, 0.15) is 5.82 Å². The maximum Gasteiger partial charge on any atom is 0.321 e. The highest BCUT2D eigenvalue weighted by Gasteiger charge is 2.24. The van der Waals surface area contributed by atoms with Gasteiger partial charge in [0.2, 0.25) is 0 Å². The smallest absolute Gasteiger partial charge is 0.321 e. The minimum absolute atomic E-state index is 0.0899. The van der Waals surface area contributed by atoms with E-state index < -0.39 is 10.8 Å². The van der Waals surface area contributed by atoms with Crippen LogP contribution in [0.25, 0.3) is 5.69 Å². The molecule has 2 heterocycles. The summed E-state index contributed by atoms with van der Waals surface area (Å²) >= 11 is 0. The molecule has 1 aromatic heterocycles. The fourth-order valence-electron chi connectivity index (χ4n) is 2.83. The second-order valence-corrected chi connectivity index (χ2v) is 7.57. The Hall–Kier alpha value is -2.15. The predicted molar refractivity (Wildman–Crippen MR) is 93.4 cm³/mol. The first-order valence-corrected chi connectivity index (χ1v) is 9.35. The third-order valence-corrected chi connectivity index (χ3v) is 5.69. The van der Waals surface area contributed by atoms with Crippen LogP contribution in [0.2, 0.25) is 0 Å². The average molecular weight is 349 g/mol. The number of anilines is 1. The van der Waals surface area contributed by atoms with E-state index in [-0.39, 0.29) is 17.9 Å². The molecular weight excluding hydrogens is 329 g/mol. The van der Waals surface area contributed by atoms with Crippen LogP contribution in [-0.2, 0) is 10.8 Å². The molecule has 1 N–H and O–H groups in total. The maximum absolute atomic E-state index is 14.0. The van der Waals surface area contributed by atoms with Crippen molar-refractivity contribution in [1.82, 2.24) is 9.47 Å². The van der Waals surface area contributed by atoms with Gasteiger partial charge in [0.15, 0.2) is 0 Å². The summed E-state index contributed by atoms with van der Waals surface area (Å²) in [7, 11) is 0.986. The highest BCUT2D eigenvalue weighted by molar-refractivity contribution is 7.85. The molecule has 0 atom stereocenters. The van der Waals surface area contributed by atoms with Gasteiger partial charge in [0, 0.05) is 53.5 Å². The molecule has 0 aliphatic carbocycles. The molecule has 1 aromatic carbocycles. The molecule has 2 aromatic rings. The van der Waals surface area contributed by atoms with Gasteiger partial charge >= 0.3 is 6.03 Å². The number of carbonyl (C=O) groups is 1. The Labute approximate surface area is 142 Å². The van der Waals surface area contributed by atoms with Crippen LogP contribution in [0.3, 0.4) is 0 Å². The van der Waals surface area contributed by atoms with Gasteiger partial charge in [-0.2, -0.15) is 0 Å². The highest BCUT2D eigenvalue weighted by Crippen LogP contribution is 2.20. The second-order valence-electron chi connectivity index (χ2n) is 5.88. The zero-order chi connectivity index (χ0) is 17.1. The van der Waals surface area contributed by atoms with Gasteiger partial charge in [-0.25, -0.2) is 9.18 Å². The van der Waals surface area contributed by atoms with Gasteiger partial charge in [-0.3, -0.25) is 4.21 Å². The standard InChI is InChI=1S/C17H20FN3O2S/c1-20(14-6-10-24(23)11-7-14)17(22)19-13-4-5-15(18)16(12-13)21-8-2-3-9-21/h2-5,8-9,12,14H,6-7,10-11H2,1H3,(H,19,22). The number of nitrogens with one attached hydrogen (secondary N) is 1. The lowest BCUT2D eigenvalue weighted by Crippen LogP contribution is -2.43. The van der Waals surface area contributed by atoms with Crippen LogP contribution in [-0.4, -0.2) is 44.3 Å². The molecule has 0 bridgehead atoms. The first kappa shape index (κ1) is 16.7. The lowest BCUT2D eigenvalue weighted by atomic mass is 10.1. The molecule has 0 unspecified atom stereocenters. The number of aromatic nitrogens is 1. The van der Waals surface area contributed by atoms with Gasteiger partial charge in [-0.05, 0) is 43.2 Å². The van der Waals surface area contributed by atoms with Crippen molar-refractivity contribution in [2.45, 2.75) is 18.9 Å². The van der Waals surface area contributed by atoms with Crippen LogP contribution in [0, 0.1) is 5.82 Å². The van der Waals surface area contributed by atoms with Crippen molar-refractivity contribution < 1.29 is 13.4 Å². The molecule has 5 nitrogen and oxygen atoms in total. The molecule has 1 aliphatic rings. The minimum atomic E-state index is -0.754. The molecule has 3 rings (SSSR count). The van der Waals surface area contributed by atoms with Crippen molar-refractivity contribution in [2.75, 3.05) is 23.9 Å². The first-order chi connectivity index (χ1) is 11.5. The lowest BCUT2D eigenvalue weighted by Gasteiger charge is -2.31. The number of carbonyl (C=O) groups excluding carboxylic acids is 1. The van der Waals surface area contributed by atoms with Crippen LogP contribution < -0.4 is 5.32 Å². The normalized spacial score (nSPS) is 20.6. The minimum Gasteiger partial charge on any atom is -0.325 e. The number of benzene rings is 1. The Kier molecular flexibility index (Phi) is 4.99.